The molecule has 0 spiro atoms. The summed E-state index contributed by atoms with van der Waals surface area (Å²) >= 11 is 0. The minimum atomic E-state index is 0.539. The molecule has 2 atom stereocenters. The molecular weight excluding hydrogens is 264 g/mol. The molecule has 1 N–H and O–H groups in total. The third-order valence-electron chi connectivity index (χ3n) is 4.98. The maximum Gasteiger partial charge on any atom is 0.131 e. The van der Waals surface area contributed by atoms with E-state index >= 15 is 0 Å². The summed E-state index contributed by atoms with van der Waals surface area (Å²) in [5.74, 6) is 1.59. The summed E-state index contributed by atoms with van der Waals surface area (Å²) in [6.45, 7) is 2.38. The van der Waals surface area contributed by atoms with Gasteiger partial charge in [0.2, 0.25) is 0 Å². The van der Waals surface area contributed by atoms with E-state index in [4.69, 9.17) is 9.72 Å². The number of methoxy groups -OCH3 is 1. The Kier molecular flexibility index (Phi) is 4.83. The van der Waals surface area contributed by atoms with Crippen molar-refractivity contribution in [2.75, 3.05) is 27.3 Å². The second-order valence-electron chi connectivity index (χ2n) is 6.29. The van der Waals surface area contributed by atoms with Crippen molar-refractivity contribution in [3.63, 3.8) is 0 Å². The molecule has 2 saturated heterocycles. The zero-order valence-electron chi connectivity index (χ0n) is 13.1. The second kappa shape index (κ2) is 6.81. The third kappa shape index (κ3) is 3.42. The fourth-order valence-corrected chi connectivity index (χ4v) is 3.72. The molecule has 1 aromatic rings. The van der Waals surface area contributed by atoms with Gasteiger partial charge in [0.25, 0.3) is 0 Å². The average Bonchev–Trinajstić information content (AvgIpc) is 2.74. The lowest BCUT2D eigenvalue weighted by Gasteiger charge is -2.35. The van der Waals surface area contributed by atoms with Gasteiger partial charge in [-0.05, 0) is 38.8 Å². The summed E-state index contributed by atoms with van der Waals surface area (Å²) in [6.07, 6.45) is 7.03. The number of nitrogens with one attached hydrogen (secondary N) is 1. The first kappa shape index (κ1) is 14.9. The van der Waals surface area contributed by atoms with Crippen LogP contribution in [0, 0.1) is 0 Å². The Labute approximate surface area is 127 Å². The summed E-state index contributed by atoms with van der Waals surface area (Å²) in [5, 5.41) is 3.35. The summed E-state index contributed by atoms with van der Waals surface area (Å²) < 4.78 is 5.04. The average molecular weight is 290 g/mol. The minimum absolute atomic E-state index is 0.539. The SMILES string of the molecule is COCCNCc1ccnc(C2CC3CCC(C2)N3C)n1. The van der Waals surface area contributed by atoms with Crippen LogP contribution in [0.1, 0.15) is 43.1 Å². The maximum atomic E-state index is 5.04. The number of rotatable bonds is 6. The van der Waals surface area contributed by atoms with Crippen LogP contribution >= 0.6 is 0 Å². The Balaban J connectivity index is 1.61. The van der Waals surface area contributed by atoms with Gasteiger partial charge in [0.1, 0.15) is 5.82 Å². The molecule has 3 rings (SSSR count). The van der Waals surface area contributed by atoms with Crippen LogP contribution in [0.25, 0.3) is 0 Å². The number of hydrogen-bond acceptors (Lipinski definition) is 5. The fraction of sp³-hybridized carbons (Fsp3) is 0.750. The topological polar surface area (TPSA) is 50.3 Å². The first-order valence-electron chi connectivity index (χ1n) is 8.01. The Morgan fingerprint density at radius 1 is 1.33 bits per heavy atom. The molecule has 2 unspecified atom stereocenters. The highest BCUT2D eigenvalue weighted by molar-refractivity contribution is 5.10. The van der Waals surface area contributed by atoms with Crippen LogP contribution in [0.2, 0.25) is 0 Å². The minimum Gasteiger partial charge on any atom is -0.383 e. The molecule has 21 heavy (non-hydrogen) atoms. The first-order valence-corrected chi connectivity index (χ1v) is 8.01. The van der Waals surface area contributed by atoms with Gasteiger partial charge in [0, 0.05) is 44.4 Å². The Hall–Kier alpha value is -1.04. The van der Waals surface area contributed by atoms with Gasteiger partial charge in [-0.25, -0.2) is 9.97 Å². The lowest BCUT2D eigenvalue weighted by molar-refractivity contribution is 0.158. The summed E-state index contributed by atoms with van der Waals surface area (Å²) in [6, 6.07) is 3.48. The van der Waals surface area contributed by atoms with Crippen molar-refractivity contribution in [1.82, 2.24) is 20.2 Å². The van der Waals surface area contributed by atoms with Crippen molar-refractivity contribution in [3.8, 4) is 0 Å². The molecule has 2 fully saturated rings. The molecule has 5 nitrogen and oxygen atoms in total. The molecule has 0 aromatic carbocycles. The molecule has 2 bridgehead atoms. The van der Waals surface area contributed by atoms with E-state index in [1.807, 2.05) is 12.3 Å². The zero-order chi connectivity index (χ0) is 14.7. The highest BCUT2D eigenvalue weighted by Crippen LogP contribution is 2.40. The molecular formula is C16H26N4O. The van der Waals surface area contributed by atoms with Crippen LogP contribution in [-0.2, 0) is 11.3 Å². The van der Waals surface area contributed by atoms with Crippen LogP contribution < -0.4 is 5.32 Å². The van der Waals surface area contributed by atoms with Gasteiger partial charge in [0.15, 0.2) is 0 Å². The second-order valence-corrected chi connectivity index (χ2v) is 6.29. The van der Waals surface area contributed by atoms with Gasteiger partial charge in [0.05, 0.1) is 12.3 Å². The lowest BCUT2D eigenvalue weighted by Crippen LogP contribution is -2.39. The maximum absolute atomic E-state index is 5.04. The van der Waals surface area contributed by atoms with Crippen LogP contribution in [0.15, 0.2) is 12.3 Å². The van der Waals surface area contributed by atoms with Gasteiger partial charge in [-0.1, -0.05) is 0 Å². The molecule has 0 amide bonds. The van der Waals surface area contributed by atoms with E-state index in [-0.39, 0.29) is 0 Å². The van der Waals surface area contributed by atoms with Crippen molar-refractivity contribution >= 4 is 0 Å². The molecule has 2 aliphatic rings. The van der Waals surface area contributed by atoms with Gasteiger partial charge >= 0.3 is 0 Å². The highest BCUT2D eigenvalue weighted by Gasteiger charge is 2.39. The molecule has 0 radical (unpaired) electrons. The van der Waals surface area contributed by atoms with Crippen molar-refractivity contribution in [2.45, 2.75) is 50.2 Å². The number of piperidine rings is 1. The Morgan fingerprint density at radius 2 is 2.10 bits per heavy atom. The van der Waals surface area contributed by atoms with Gasteiger partial charge < -0.3 is 15.0 Å². The quantitative estimate of drug-likeness (QED) is 0.806. The van der Waals surface area contributed by atoms with Crippen LogP contribution in [0.5, 0.6) is 0 Å². The van der Waals surface area contributed by atoms with E-state index in [0.29, 0.717) is 5.92 Å². The van der Waals surface area contributed by atoms with E-state index in [1.54, 1.807) is 7.11 Å². The smallest absolute Gasteiger partial charge is 0.131 e. The van der Waals surface area contributed by atoms with Crippen molar-refractivity contribution in [3.05, 3.63) is 23.8 Å². The van der Waals surface area contributed by atoms with Crippen molar-refractivity contribution < 1.29 is 4.74 Å². The van der Waals surface area contributed by atoms with Gasteiger partial charge in [-0.2, -0.15) is 0 Å². The van der Waals surface area contributed by atoms with Crippen LogP contribution in [0.4, 0.5) is 0 Å². The molecule has 3 heterocycles. The monoisotopic (exact) mass is 290 g/mol. The van der Waals surface area contributed by atoms with Crippen LogP contribution in [-0.4, -0.2) is 54.3 Å². The van der Waals surface area contributed by atoms with Gasteiger partial charge in [-0.15, -0.1) is 0 Å². The number of ether oxygens (including phenoxy) is 1. The van der Waals surface area contributed by atoms with Crippen LogP contribution in [0.3, 0.4) is 0 Å². The van der Waals surface area contributed by atoms with E-state index in [1.165, 1.54) is 25.7 Å². The summed E-state index contributed by atoms with van der Waals surface area (Å²) in [7, 11) is 3.99. The number of nitrogens with zero attached hydrogens (tertiary/aromatic N) is 3. The highest BCUT2D eigenvalue weighted by atomic mass is 16.5. The molecule has 1 aromatic heterocycles. The fourth-order valence-electron chi connectivity index (χ4n) is 3.72. The van der Waals surface area contributed by atoms with Gasteiger partial charge in [-0.3, -0.25) is 0 Å². The summed E-state index contributed by atoms with van der Waals surface area (Å²) in [4.78, 5) is 11.9. The lowest BCUT2D eigenvalue weighted by atomic mass is 9.90. The zero-order valence-corrected chi connectivity index (χ0v) is 13.1. The Morgan fingerprint density at radius 3 is 2.81 bits per heavy atom. The molecule has 0 aliphatic carbocycles. The molecule has 116 valence electrons. The van der Waals surface area contributed by atoms with Crippen molar-refractivity contribution in [2.24, 2.45) is 0 Å². The number of aromatic nitrogens is 2. The predicted molar refractivity (Wildman–Crippen MR) is 82.2 cm³/mol. The third-order valence-corrected chi connectivity index (χ3v) is 4.98. The summed E-state index contributed by atoms with van der Waals surface area (Å²) in [5.41, 5.74) is 1.09. The first-order chi connectivity index (χ1) is 10.3. The largest absolute Gasteiger partial charge is 0.383 e. The normalized spacial score (nSPS) is 29.0. The number of fused-ring (bicyclic) bond motifs is 2. The molecule has 0 saturated carbocycles. The molecule has 2 aliphatic heterocycles. The standard InChI is InChI=1S/C16H26N4O/c1-20-14-3-4-15(20)10-12(9-14)16-18-6-5-13(19-16)11-17-7-8-21-2/h5-6,12,14-15,17H,3-4,7-11H2,1-2H3. The van der Waals surface area contributed by atoms with E-state index in [2.05, 4.69) is 22.2 Å². The molecule has 5 heteroatoms. The van der Waals surface area contributed by atoms with E-state index in [0.717, 1.165) is 43.3 Å². The van der Waals surface area contributed by atoms with E-state index in [9.17, 15) is 0 Å². The Bertz CT molecular complexity index is 453. The number of hydrogen-bond donors (Lipinski definition) is 1. The van der Waals surface area contributed by atoms with E-state index < -0.39 is 0 Å². The predicted octanol–water partition coefficient (Wildman–Crippen LogP) is 1.55. The van der Waals surface area contributed by atoms with Crippen molar-refractivity contribution in [1.29, 1.82) is 0 Å².